The van der Waals surface area contributed by atoms with Gasteiger partial charge in [-0.05, 0) is 25.3 Å². The Morgan fingerprint density at radius 2 is 2.04 bits per heavy atom. The van der Waals surface area contributed by atoms with E-state index in [9.17, 15) is 14.4 Å². The number of oxime groups is 1. The lowest BCUT2D eigenvalue weighted by molar-refractivity contribution is -0.116. The van der Waals surface area contributed by atoms with Crippen molar-refractivity contribution in [2.24, 2.45) is 5.16 Å². The molecular weight excluding hydrogens is 350 g/mol. The van der Waals surface area contributed by atoms with Crippen molar-refractivity contribution in [2.75, 3.05) is 13.1 Å². The van der Waals surface area contributed by atoms with Crippen molar-refractivity contribution in [2.45, 2.75) is 57.1 Å². The molecule has 0 radical (unpaired) electrons. The largest absolute Gasteiger partial charge is 0.388 e. The number of nitrogens with one attached hydrogen (secondary N) is 2. The molecule has 0 bridgehead atoms. The number of piperidine rings is 1. The predicted octanol–water partition coefficient (Wildman–Crippen LogP) is 1.03. The van der Waals surface area contributed by atoms with Gasteiger partial charge in [0.05, 0.1) is 0 Å². The van der Waals surface area contributed by atoms with Gasteiger partial charge in [0.15, 0.2) is 5.78 Å². The van der Waals surface area contributed by atoms with Crippen LogP contribution in [-0.2, 0) is 9.63 Å². The SMILES string of the molecule is CC(=O)c1cc(C(=O)N2CCC3(CC2)CC(C(=O)NC2CCC2)=NO3)[nH]n1. The van der Waals surface area contributed by atoms with Crippen LogP contribution in [0, 0.1) is 0 Å². The van der Waals surface area contributed by atoms with Crippen LogP contribution in [0.2, 0.25) is 0 Å². The van der Waals surface area contributed by atoms with Crippen LogP contribution in [0.15, 0.2) is 11.2 Å². The summed E-state index contributed by atoms with van der Waals surface area (Å²) in [6, 6.07) is 1.75. The molecule has 1 aromatic heterocycles. The summed E-state index contributed by atoms with van der Waals surface area (Å²) in [6.07, 6.45) is 4.91. The number of nitrogens with zero attached hydrogens (tertiary/aromatic N) is 3. The lowest BCUT2D eigenvalue weighted by Gasteiger charge is -2.37. The summed E-state index contributed by atoms with van der Waals surface area (Å²) in [5.41, 5.74) is 0.504. The first-order chi connectivity index (χ1) is 13.0. The average Bonchev–Trinajstić information content (AvgIpc) is 3.26. The number of likely N-dealkylation sites (tertiary alicyclic amines) is 1. The zero-order valence-corrected chi connectivity index (χ0v) is 15.3. The van der Waals surface area contributed by atoms with Gasteiger partial charge in [0.2, 0.25) is 0 Å². The minimum atomic E-state index is -0.498. The number of aromatic nitrogens is 2. The van der Waals surface area contributed by atoms with Crippen LogP contribution in [0.25, 0.3) is 0 Å². The molecule has 2 fully saturated rings. The van der Waals surface area contributed by atoms with Crippen LogP contribution < -0.4 is 5.32 Å². The summed E-state index contributed by atoms with van der Waals surface area (Å²) < 4.78 is 0. The highest BCUT2D eigenvalue weighted by molar-refractivity contribution is 6.39. The number of H-pyrrole nitrogens is 1. The molecule has 4 rings (SSSR count). The Morgan fingerprint density at radius 1 is 1.30 bits per heavy atom. The van der Waals surface area contributed by atoms with Gasteiger partial charge in [0.25, 0.3) is 11.8 Å². The molecule has 27 heavy (non-hydrogen) atoms. The molecule has 0 aromatic carbocycles. The molecule has 0 atom stereocenters. The Morgan fingerprint density at radius 3 is 2.63 bits per heavy atom. The number of aromatic amines is 1. The maximum Gasteiger partial charge on any atom is 0.271 e. The van der Waals surface area contributed by atoms with E-state index in [0.29, 0.717) is 43.8 Å². The fraction of sp³-hybridized carbons (Fsp3) is 0.611. The van der Waals surface area contributed by atoms with E-state index in [4.69, 9.17) is 4.84 Å². The van der Waals surface area contributed by atoms with Gasteiger partial charge in [-0.2, -0.15) is 5.10 Å². The van der Waals surface area contributed by atoms with Crippen molar-refractivity contribution in [3.63, 3.8) is 0 Å². The molecule has 1 saturated carbocycles. The van der Waals surface area contributed by atoms with Crippen molar-refractivity contribution in [3.05, 3.63) is 17.5 Å². The Balaban J connectivity index is 1.31. The Bertz CT molecular complexity index is 802. The average molecular weight is 373 g/mol. The molecule has 2 amide bonds. The van der Waals surface area contributed by atoms with Gasteiger partial charge in [0.1, 0.15) is 22.7 Å². The molecule has 0 unspecified atom stereocenters. The minimum absolute atomic E-state index is 0.135. The molecule has 3 aliphatic rings. The third kappa shape index (κ3) is 3.45. The zero-order chi connectivity index (χ0) is 19.0. The maximum absolute atomic E-state index is 12.6. The second-order valence-electron chi connectivity index (χ2n) is 7.61. The van der Waals surface area contributed by atoms with Gasteiger partial charge in [0, 0.05) is 45.3 Å². The van der Waals surface area contributed by atoms with Gasteiger partial charge in [-0.25, -0.2) is 0 Å². The van der Waals surface area contributed by atoms with Gasteiger partial charge in [-0.3, -0.25) is 19.5 Å². The first-order valence-corrected chi connectivity index (χ1v) is 9.37. The van der Waals surface area contributed by atoms with Crippen LogP contribution in [0.3, 0.4) is 0 Å². The maximum atomic E-state index is 12.6. The van der Waals surface area contributed by atoms with Gasteiger partial charge in [-0.1, -0.05) is 5.16 Å². The first kappa shape index (κ1) is 17.7. The number of amides is 2. The smallest absolute Gasteiger partial charge is 0.271 e. The second-order valence-corrected chi connectivity index (χ2v) is 7.61. The number of carbonyl (C=O) groups is 3. The molecule has 1 aromatic rings. The standard InChI is InChI=1S/C18H23N5O4/c1-11(24)13-9-14(21-20-13)17(26)23-7-5-18(6-8-23)10-15(22-27-18)16(25)19-12-3-2-4-12/h9,12H,2-8,10H2,1H3,(H,19,25)(H,20,21). The van der Waals surface area contributed by atoms with E-state index < -0.39 is 5.60 Å². The Labute approximate surface area is 156 Å². The van der Waals surface area contributed by atoms with Crippen molar-refractivity contribution >= 4 is 23.3 Å². The Kier molecular flexibility index (Phi) is 4.45. The summed E-state index contributed by atoms with van der Waals surface area (Å²) >= 11 is 0. The molecule has 2 aliphatic heterocycles. The molecule has 3 heterocycles. The molecule has 9 nitrogen and oxygen atoms in total. The van der Waals surface area contributed by atoms with Crippen LogP contribution >= 0.6 is 0 Å². The highest BCUT2D eigenvalue weighted by atomic mass is 16.7. The van der Waals surface area contributed by atoms with E-state index in [2.05, 4.69) is 20.7 Å². The number of hydrogen-bond donors (Lipinski definition) is 2. The number of hydrogen-bond acceptors (Lipinski definition) is 6. The predicted molar refractivity (Wildman–Crippen MR) is 95.4 cm³/mol. The summed E-state index contributed by atoms with van der Waals surface area (Å²) in [5, 5.41) is 13.5. The minimum Gasteiger partial charge on any atom is -0.388 e. The van der Waals surface area contributed by atoms with Crippen LogP contribution in [0.4, 0.5) is 0 Å². The number of ketones is 1. The van der Waals surface area contributed by atoms with E-state index in [1.54, 1.807) is 4.90 Å². The zero-order valence-electron chi connectivity index (χ0n) is 15.3. The van der Waals surface area contributed by atoms with E-state index in [1.807, 2.05) is 0 Å². The van der Waals surface area contributed by atoms with E-state index in [1.165, 1.54) is 13.0 Å². The summed E-state index contributed by atoms with van der Waals surface area (Å²) in [4.78, 5) is 43.5. The van der Waals surface area contributed by atoms with Gasteiger partial charge >= 0.3 is 0 Å². The highest BCUT2D eigenvalue weighted by Gasteiger charge is 2.45. The molecular formula is C18H23N5O4. The van der Waals surface area contributed by atoms with Crippen molar-refractivity contribution in [1.82, 2.24) is 20.4 Å². The third-order valence-corrected chi connectivity index (χ3v) is 5.67. The molecule has 1 aliphatic carbocycles. The molecule has 2 N–H and O–H groups in total. The van der Waals surface area contributed by atoms with Crippen LogP contribution in [-0.4, -0.2) is 63.1 Å². The van der Waals surface area contributed by atoms with Crippen molar-refractivity contribution in [1.29, 1.82) is 0 Å². The summed E-state index contributed by atoms with van der Waals surface area (Å²) in [7, 11) is 0. The molecule has 144 valence electrons. The Hall–Kier alpha value is -2.71. The first-order valence-electron chi connectivity index (χ1n) is 9.37. The molecule has 9 heteroatoms. The van der Waals surface area contributed by atoms with Gasteiger partial charge < -0.3 is 15.1 Å². The fourth-order valence-electron chi connectivity index (χ4n) is 3.63. The highest BCUT2D eigenvalue weighted by Crippen LogP contribution is 2.35. The fourth-order valence-corrected chi connectivity index (χ4v) is 3.63. The summed E-state index contributed by atoms with van der Waals surface area (Å²) in [6.45, 7) is 2.41. The number of Topliss-reactive ketones (excluding diaryl/α,β-unsaturated/α-hetero) is 1. The second kappa shape index (κ2) is 6.79. The quantitative estimate of drug-likeness (QED) is 0.765. The number of rotatable bonds is 4. The molecule has 1 spiro atoms. The monoisotopic (exact) mass is 373 g/mol. The van der Waals surface area contributed by atoms with E-state index in [-0.39, 0.29) is 29.3 Å². The topological polar surface area (TPSA) is 117 Å². The van der Waals surface area contributed by atoms with Crippen molar-refractivity contribution in [3.8, 4) is 0 Å². The van der Waals surface area contributed by atoms with Crippen molar-refractivity contribution < 1.29 is 19.2 Å². The van der Waals surface area contributed by atoms with E-state index in [0.717, 1.165) is 19.3 Å². The van der Waals surface area contributed by atoms with Crippen LogP contribution in [0.5, 0.6) is 0 Å². The lowest BCUT2D eigenvalue weighted by Crippen LogP contribution is -2.48. The lowest BCUT2D eigenvalue weighted by atomic mass is 9.86. The molecule has 1 saturated heterocycles. The third-order valence-electron chi connectivity index (χ3n) is 5.67. The van der Waals surface area contributed by atoms with Gasteiger partial charge in [-0.15, -0.1) is 0 Å². The van der Waals surface area contributed by atoms with Crippen LogP contribution in [0.1, 0.15) is 66.4 Å². The summed E-state index contributed by atoms with van der Waals surface area (Å²) in [5.74, 6) is -0.511. The number of carbonyl (C=O) groups excluding carboxylic acids is 3. The normalized spacial score (nSPS) is 21.4. The van der Waals surface area contributed by atoms with E-state index >= 15 is 0 Å².